The Kier molecular flexibility index (Phi) is 6.09. The maximum atomic E-state index is 14.7. The summed E-state index contributed by atoms with van der Waals surface area (Å²) in [5.74, 6) is -0.209. The molecule has 6 heteroatoms. The molecule has 4 nitrogen and oxygen atoms in total. The van der Waals surface area contributed by atoms with Crippen LogP contribution in [0.15, 0.2) is 53.0 Å². The van der Waals surface area contributed by atoms with E-state index in [1.165, 1.54) is 6.07 Å². The summed E-state index contributed by atoms with van der Waals surface area (Å²) in [7, 11) is 5.48. The van der Waals surface area contributed by atoms with Crippen molar-refractivity contribution >= 4 is 26.8 Å². The Morgan fingerprint density at radius 1 is 1.15 bits per heavy atom. The minimum atomic E-state index is -0.389. The van der Waals surface area contributed by atoms with E-state index >= 15 is 0 Å². The molecule has 1 aromatic heterocycles. The van der Waals surface area contributed by atoms with E-state index in [0.717, 1.165) is 20.9 Å². The Morgan fingerprint density at radius 2 is 1.89 bits per heavy atom. The zero-order valence-corrected chi connectivity index (χ0v) is 17.2. The van der Waals surface area contributed by atoms with E-state index in [2.05, 4.69) is 20.9 Å². The number of nitrogens with two attached hydrogens (primary N) is 1. The van der Waals surface area contributed by atoms with Crippen LogP contribution in [-0.2, 0) is 0 Å². The van der Waals surface area contributed by atoms with Crippen LogP contribution < -0.4 is 10.5 Å². The highest BCUT2D eigenvalue weighted by Gasteiger charge is 2.29. The molecule has 0 saturated carbocycles. The van der Waals surface area contributed by atoms with Gasteiger partial charge in [0.1, 0.15) is 5.82 Å². The Labute approximate surface area is 167 Å². The fourth-order valence-electron chi connectivity index (χ4n) is 3.42. The van der Waals surface area contributed by atoms with Gasteiger partial charge in [-0.3, -0.25) is 0 Å². The predicted octanol–water partition coefficient (Wildman–Crippen LogP) is 4.17. The lowest BCUT2D eigenvalue weighted by Crippen LogP contribution is -2.39. The van der Waals surface area contributed by atoms with Crippen LogP contribution >= 0.6 is 15.9 Å². The van der Waals surface area contributed by atoms with Crippen LogP contribution in [0.4, 0.5) is 4.39 Å². The summed E-state index contributed by atoms with van der Waals surface area (Å²) in [5.41, 5.74) is 8.68. The molecule has 0 spiro atoms. The van der Waals surface area contributed by atoms with Crippen molar-refractivity contribution in [2.24, 2.45) is 5.73 Å². The first-order chi connectivity index (χ1) is 12.9. The normalized spacial score (nSPS) is 13.7. The van der Waals surface area contributed by atoms with Crippen molar-refractivity contribution in [3.63, 3.8) is 0 Å². The van der Waals surface area contributed by atoms with E-state index in [1.54, 1.807) is 19.2 Å². The maximum absolute atomic E-state index is 14.7. The van der Waals surface area contributed by atoms with Gasteiger partial charge >= 0.3 is 0 Å². The second-order valence-electron chi connectivity index (χ2n) is 6.85. The molecule has 2 aromatic carbocycles. The summed E-state index contributed by atoms with van der Waals surface area (Å²) in [5, 5.41) is 0.943. The number of fused-ring (bicyclic) bond motifs is 1. The number of halogens is 2. The highest BCUT2D eigenvalue weighted by molar-refractivity contribution is 9.10. The first-order valence-electron chi connectivity index (χ1n) is 8.69. The molecule has 0 fully saturated rings. The lowest BCUT2D eigenvalue weighted by Gasteiger charge is -2.28. The van der Waals surface area contributed by atoms with E-state index in [9.17, 15) is 4.39 Å². The molecule has 0 bridgehead atoms. The average Bonchev–Trinajstić information content (AvgIpc) is 2.62. The number of pyridine rings is 1. The zero-order chi connectivity index (χ0) is 19.6. The third-order valence-corrected chi connectivity index (χ3v) is 5.04. The summed E-state index contributed by atoms with van der Waals surface area (Å²) in [4.78, 5) is 6.63. The molecule has 3 rings (SSSR count). The van der Waals surface area contributed by atoms with Gasteiger partial charge in [0.15, 0.2) is 0 Å². The number of aromatic nitrogens is 1. The molecule has 0 radical (unpaired) electrons. The smallest absolute Gasteiger partial charge is 0.217 e. The molecule has 27 heavy (non-hydrogen) atoms. The Bertz CT molecular complexity index is 948. The van der Waals surface area contributed by atoms with Gasteiger partial charge in [-0.15, -0.1) is 0 Å². The number of rotatable bonds is 6. The topological polar surface area (TPSA) is 51.4 Å². The molecule has 2 N–H and O–H groups in total. The molecule has 0 saturated heterocycles. The Hall–Kier alpha value is -2.02. The second kappa shape index (κ2) is 8.33. The van der Waals surface area contributed by atoms with E-state index < -0.39 is 0 Å². The highest BCUT2D eigenvalue weighted by Crippen LogP contribution is 2.36. The molecule has 0 aliphatic heterocycles. The summed E-state index contributed by atoms with van der Waals surface area (Å²) < 4.78 is 21.2. The minimum absolute atomic E-state index is 0.284. The van der Waals surface area contributed by atoms with E-state index in [1.807, 2.05) is 49.3 Å². The number of hydrogen-bond donors (Lipinski definition) is 1. The highest BCUT2D eigenvalue weighted by atomic mass is 79.9. The lowest BCUT2D eigenvalue weighted by molar-refractivity contribution is 0.346. The third kappa shape index (κ3) is 4.29. The minimum Gasteiger partial charge on any atom is -0.481 e. The first-order valence-corrected chi connectivity index (χ1v) is 9.49. The Morgan fingerprint density at radius 3 is 2.56 bits per heavy atom. The van der Waals surface area contributed by atoms with Crippen LogP contribution in [-0.4, -0.2) is 43.7 Å². The fraction of sp³-hybridized carbons (Fsp3) is 0.286. The predicted molar refractivity (Wildman–Crippen MR) is 111 cm³/mol. The van der Waals surface area contributed by atoms with Gasteiger partial charge < -0.3 is 15.4 Å². The molecule has 0 amide bonds. The fourth-order valence-corrected chi connectivity index (χ4v) is 3.79. The van der Waals surface area contributed by atoms with Crippen LogP contribution in [0.25, 0.3) is 10.9 Å². The van der Waals surface area contributed by atoms with Gasteiger partial charge in [-0.2, -0.15) is 0 Å². The number of ether oxygens (including phenoxy) is 1. The van der Waals surface area contributed by atoms with E-state index in [4.69, 9.17) is 10.5 Å². The monoisotopic (exact) mass is 431 g/mol. The van der Waals surface area contributed by atoms with Gasteiger partial charge in [-0.1, -0.05) is 34.1 Å². The Balaban J connectivity index is 2.23. The van der Waals surface area contributed by atoms with Crippen LogP contribution in [0.5, 0.6) is 5.88 Å². The quantitative estimate of drug-likeness (QED) is 0.636. The number of benzene rings is 2. The van der Waals surface area contributed by atoms with Gasteiger partial charge in [-0.25, -0.2) is 9.37 Å². The van der Waals surface area contributed by atoms with Crippen LogP contribution in [0, 0.1) is 5.82 Å². The van der Waals surface area contributed by atoms with Gasteiger partial charge in [0.05, 0.1) is 12.6 Å². The number of methoxy groups -OCH3 is 1. The molecule has 3 aromatic rings. The van der Waals surface area contributed by atoms with Gasteiger partial charge in [0.25, 0.3) is 0 Å². The summed E-state index contributed by atoms with van der Waals surface area (Å²) >= 11 is 3.50. The lowest BCUT2D eigenvalue weighted by atomic mass is 9.84. The van der Waals surface area contributed by atoms with Crippen molar-refractivity contribution in [1.82, 2.24) is 9.88 Å². The van der Waals surface area contributed by atoms with Crippen LogP contribution in [0.3, 0.4) is 0 Å². The van der Waals surface area contributed by atoms with Crippen molar-refractivity contribution in [3.05, 3.63) is 69.9 Å². The van der Waals surface area contributed by atoms with Gasteiger partial charge in [0.2, 0.25) is 5.88 Å². The van der Waals surface area contributed by atoms with Crippen molar-refractivity contribution in [3.8, 4) is 5.88 Å². The molecule has 0 aliphatic rings. The summed E-state index contributed by atoms with van der Waals surface area (Å²) in [6.45, 7) is 0.596. The van der Waals surface area contributed by atoms with Crippen molar-refractivity contribution in [2.75, 3.05) is 27.7 Å². The number of likely N-dealkylation sites (N-methyl/N-ethyl adjacent to an activating group) is 1. The second-order valence-corrected chi connectivity index (χ2v) is 7.76. The third-order valence-electron chi connectivity index (χ3n) is 4.54. The average molecular weight is 432 g/mol. The van der Waals surface area contributed by atoms with Crippen molar-refractivity contribution < 1.29 is 9.13 Å². The van der Waals surface area contributed by atoms with Crippen molar-refractivity contribution in [2.45, 2.75) is 12.0 Å². The zero-order valence-electron chi connectivity index (χ0n) is 15.6. The molecule has 0 aliphatic carbocycles. The molecular formula is C21H23BrFN3O. The molecule has 2 unspecified atom stereocenters. The number of nitrogens with zero attached hydrogens (tertiary/aromatic N) is 2. The first kappa shape index (κ1) is 19.7. The molecular weight excluding hydrogens is 409 g/mol. The SMILES string of the molecule is COc1nc2ccc(Br)cc2cc1C(c1ccccc1F)C(N)CN(C)C. The van der Waals surface area contributed by atoms with Gasteiger partial charge in [-0.05, 0) is 50.0 Å². The van der Waals surface area contributed by atoms with Crippen LogP contribution in [0.1, 0.15) is 17.0 Å². The summed E-state index contributed by atoms with van der Waals surface area (Å²) in [6.07, 6.45) is 0. The molecule has 142 valence electrons. The van der Waals surface area contributed by atoms with E-state index in [-0.39, 0.29) is 17.8 Å². The van der Waals surface area contributed by atoms with Crippen molar-refractivity contribution in [1.29, 1.82) is 0 Å². The molecule has 2 atom stereocenters. The maximum Gasteiger partial charge on any atom is 0.217 e. The van der Waals surface area contributed by atoms with E-state index in [0.29, 0.717) is 18.0 Å². The molecule has 1 heterocycles. The largest absolute Gasteiger partial charge is 0.481 e. The summed E-state index contributed by atoms with van der Waals surface area (Å²) in [6, 6.07) is 14.2. The number of hydrogen-bond acceptors (Lipinski definition) is 4. The van der Waals surface area contributed by atoms with Gasteiger partial charge in [0, 0.05) is 33.9 Å². The van der Waals surface area contributed by atoms with Crippen LogP contribution in [0.2, 0.25) is 0 Å². The standard InChI is InChI=1S/C21H23BrFN3O/c1-26(2)12-18(24)20(15-6-4-5-7-17(15)23)16-11-13-10-14(22)8-9-19(13)25-21(16)27-3/h4-11,18,20H,12,24H2,1-3H3.